The number of benzene rings is 2. The van der Waals surface area contributed by atoms with Gasteiger partial charge in [-0.25, -0.2) is 9.98 Å². The van der Waals surface area contributed by atoms with Gasteiger partial charge in [0.05, 0.1) is 0 Å². The van der Waals surface area contributed by atoms with E-state index in [2.05, 4.69) is 9.98 Å². The molecule has 1 aliphatic heterocycles. The van der Waals surface area contributed by atoms with Gasteiger partial charge in [0.1, 0.15) is 17.5 Å². The molecule has 28 heavy (non-hydrogen) atoms. The third-order valence-corrected chi connectivity index (χ3v) is 4.59. The predicted molar refractivity (Wildman–Crippen MR) is 103 cm³/mol. The summed E-state index contributed by atoms with van der Waals surface area (Å²) in [7, 11) is 1.53. The van der Waals surface area contributed by atoms with Crippen molar-refractivity contribution in [2.75, 3.05) is 7.05 Å². The van der Waals surface area contributed by atoms with E-state index < -0.39 is 12.0 Å². The van der Waals surface area contributed by atoms with Crippen LogP contribution in [-0.2, 0) is 4.79 Å². The highest BCUT2D eigenvalue weighted by molar-refractivity contribution is 5.87. The van der Waals surface area contributed by atoms with Crippen LogP contribution in [0, 0.1) is 5.95 Å². The summed E-state index contributed by atoms with van der Waals surface area (Å²) in [6, 6.07) is 15.7. The fraction of sp³-hybridized carbons (Fsp3) is 0.0952. The van der Waals surface area contributed by atoms with E-state index in [0.29, 0.717) is 29.0 Å². The topological polar surface area (TPSA) is 80.8 Å². The van der Waals surface area contributed by atoms with Crippen LogP contribution in [0.4, 0.5) is 4.39 Å². The smallest absolute Gasteiger partial charge is 0.220 e. The van der Waals surface area contributed by atoms with Crippen LogP contribution in [0.1, 0.15) is 17.2 Å². The molecule has 3 aromatic rings. The van der Waals surface area contributed by atoms with Crippen LogP contribution in [0.25, 0.3) is 11.1 Å². The highest BCUT2D eigenvalue weighted by Crippen LogP contribution is 2.46. The number of halogens is 1. The van der Waals surface area contributed by atoms with Crippen molar-refractivity contribution in [3.63, 3.8) is 0 Å². The summed E-state index contributed by atoms with van der Waals surface area (Å²) in [5, 5.41) is 0. The summed E-state index contributed by atoms with van der Waals surface area (Å²) >= 11 is 0. The van der Waals surface area contributed by atoms with E-state index in [-0.39, 0.29) is 5.96 Å². The molecular formula is C21H17FN4O2. The predicted octanol–water partition coefficient (Wildman–Crippen LogP) is 3.49. The molecule has 7 heteroatoms. The molecule has 2 N–H and O–H groups in total. The summed E-state index contributed by atoms with van der Waals surface area (Å²) in [5.74, 6) is 0.771. The lowest BCUT2D eigenvalue weighted by atomic mass is 9.92. The molecule has 0 saturated heterocycles. The highest BCUT2D eigenvalue weighted by atomic mass is 19.1. The van der Waals surface area contributed by atoms with Crippen LogP contribution < -0.4 is 10.5 Å². The molecule has 0 bridgehead atoms. The van der Waals surface area contributed by atoms with E-state index >= 15 is 0 Å². The quantitative estimate of drug-likeness (QED) is 0.328. The third-order valence-electron chi connectivity index (χ3n) is 4.59. The zero-order valence-electron chi connectivity index (χ0n) is 15.0. The van der Waals surface area contributed by atoms with E-state index in [4.69, 9.17) is 10.5 Å². The number of carbonyl (C=O) groups excluding carboxylic acids is 1. The van der Waals surface area contributed by atoms with Crippen molar-refractivity contribution >= 4 is 12.4 Å². The lowest BCUT2D eigenvalue weighted by molar-refractivity contribution is -0.114. The Morgan fingerprint density at radius 2 is 1.96 bits per heavy atom. The molecule has 6 nitrogen and oxygen atoms in total. The van der Waals surface area contributed by atoms with Crippen LogP contribution in [0.3, 0.4) is 0 Å². The average molecular weight is 376 g/mol. The molecule has 1 aliphatic rings. The largest absolute Gasteiger partial charge is 0.457 e. The number of hydrogen-bond donors (Lipinski definition) is 1. The average Bonchev–Trinajstić information content (AvgIpc) is 2.73. The van der Waals surface area contributed by atoms with Gasteiger partial charge < -0.3 is 10.5 Å². The standard InChI is InChI=1S/C21H17FN4O2/c1-26(12-27)21(23)25-19-15-5-2-3-7-17(15)28-18-9-8-13(11-16(18)19)14-6-4-10-24-20(14)22/h2-12,19H,1H3,(H2,23,25). The molecule has 0 fully saturated rings. The summed E-state index contributed by atoms with van der Waals surface area (Å²) in [5.41, 5.74) is 8.54. The van der Waals surface area contributed by atoms with Crippen molar-refractivity contribution in [2.24, 2.45) is 10.7 Å². The van der Waals surface area contributed by atoms with Crippen LogP contribution in [0.2, 0.25) is 0 Å². The molecule has 0 saturated carbocycles. The second-order valence-electron chi connectivity index (χ2n) is 6.34. The number of guanidine groups is 1. The number of nitrogens with zero attached hydrogens (tertiary/aromatic N) is 3. The zero-order valence-corrected chi connectivity index (χ0v) is 15.0. The number of fused-ring (bicyclic) bond motifs is 2. The van der Waals surface area contributed by atoms with Gasteiger partial charge >= 0.3 is 0 Å². The number of aliphatic imine (C=N–C) groups is 1. The number of carbonyl (C=O) groups is 1. The number of para-hydroxylation sites is 1. The Hall–Kier alpha value is -3.74. The van der Waals surface area contributed by atoms with Gasteiger partial charge in [-0.3, -0.25) is 9.69 Å². The number of aromatic nitrogens is 1. The summed E-state index contributed by atoms with van der Waals surface area (Å²) in [6.07, 6.45) is 1.99. The van der Waals surface area contributed by atoms with Crippen molar-refractivity contribution in [3.8, 4) is 22.6 Å². The zero-order chi connectivity index (χ0) is 19.7. The van der Waals surface area contributed by atoms with E-state index in [1.165, 1.54) is 18.1 Å². The van der Waals surface area contributed by atoms with E-state index in [1.807, 2.05) is 30.3 Å². The van der Waals surface area contributed by atoms with Gasteiger partial charge in [0.15, 0.2) is 5.96 Å². The lowest BCUT2D eigenvalue weighted by Gasteiger charge is -2.27. The Bertz CT molecular complexity index is 1080. The number of pyridine rings is 1. The molecule has 140 valence electrons. The van der Waals surface area contributed by atoms with Crippen molar-refractivity contribution in [3.05, 3.63) is 77.9 Å². The molecule has 1 atom stereocenters. The Balaban J connectivity index is 1.88. The van der Waals surface area contributed by atoms with Gasteiger partial charge in [-0.1, -0.05) is 24.3 Å². The fourth-order valence-electron chi connectivity index (χ4n) is 3.13. The first-order valence-electron chi connectivity index (χ1n) is 8.61. The summed E-state index contributed by atoms with van der Waals surface area (Å²) in [4.78, 5) is 20.5. The fourth-order valence-corrected chi connectivity index (χ4v) is 3.13. The maximum atomic E-state index is 14.2. The van der Waals surface area contributed by atoms with Crippen molar-refractivity contribution < 1.29 is 13.9 Å². The molecular weight excluding hydrogens is 359 g/mol. The molecule has 1 unspecified atom stereocenters. The van der Waals surface area contributed by atoms with Crippen LogP contribution >= 0.6 is 0 Å². The Morgan fingerprint density at radius 3 is 2.75 bits per heavy atom. The van der Waals surface area contributed by atoms with Crippen molar-refractivity contribution in [1.29, 1.82) is 0 Å². The van der Waals surface area contributed by atoms with E-state index in [9.17, 15) is 9.18 Å². The third kappa shape index (κ3) is 3.07. The highest BCUT2D eigenvalue weighted by Gasteiger charge is 2.28. The number of nitrogens with two attached hydrogens (primary N) is 1. The first-order valence-corrected chi connectivity index (χ1v) is 8.61. The van der Waals surface area contributed by atoms with Crippen LogP contribution in [0.15, 0.2) is 65.8 Å². The number of rotatable bonds is 3. The van der Waals surface area contributed by atoms with Gasteiger partial charge in [0.25, 0.3) is 0 Å². The van der Waals surface area contributed by atoms with Crippen LogP contribution in [0.5, 0.6) is 11.5 Å². The summed E-state index contributed by atoms with van der Waals surface area (Å²) in [6.45, 7) is 0. The van der Waals surface area contributed by atoms with Gasteiger partial charge in [-0.2, -0.15) is 4.39 Å². The number of amides is 1. The monoisotopic (exact) mass is 376 g/mol. The molecule has 1 aromatic heterocycles. The number of hydrogen-bond acceptors (Lipinski definition) is 4. The molecule has 1 amide bonds. The van der Waals surface area contributed by atoms with Gasteiger partial charge in [0, 0.05) is 29.9 Å². The SMILES string of the molecule is CN(C=O)C(N)=NC1c2ccccc2Oc2ccc(-c3cccnc3F)cc21. The maximum Gasteiger partial charge on any atom is 0.220 e. The molecule has 4 rings (SSSR count). The molecule has 2 heterocycles. The Labute approximate surface area is 161 Å². The first kappa shape index (κ1) is 17.7. The second kappa shape index (κ2) is 7.11. The van der Waals surface area contributed by atoms with Crippen molar-refractivity contribution in [1.82, 2.24) is 9.88 Å². The Kier molecular flexibility index (Phi) is 4.49. The molecule has 0 aliphatic carbocycles. The first-order chi connectivity index (χ1) is 13.6. The molecule has 2 aromatic carbocycles. The Morgan fingerprint density at radius 1 is 1.18 bits per heavy atom. The van der Waals surface area contributed by atoms with Crippen LogP contribution in [-0.4, -0.2) is 29.3 Å². The minimum atomic E-state index is -0.556. The normalized spacial score (nSPS) is 15.2. The minimum absolute atomic E-state index is 0.0700. The van der Waals surface area contributed by atoms with Gasteiger partial charge in [-0.05, 0) is 35.9 Å². The lowest BCUT2D eigenvalue weighted by Crippen LogP contribution is -2.33. The molecule has 0 radical (unpaired) electrons. The number of ether oxygens (including phenoxy) is 1. The van der Waals surface area contributed by atoms with Crippen molar-refractivity contribution in [2.45, 2.75) is 6.04 Å². The van der Waals surface area contributed by atoms with Gasteiger partial charge in [-0.15, -0.1) is 0 Å². The van der Waals surface area contributed by atoms with E-state index in [0.717, 1.165) is 11.1 Å². The van der Waals surface area contributed by atoms with E-state index in [1.54, 1.807) is 24.3 Å². The maximum absolute atomic E-state index is 14.2. The molecule has 0 spiro atoms. The minimum Gasteiger partial charge on any atom is -0.457 e. The summed E-state index contributed by atoms with van der Waals surface area (Å²) < 4.78 is 20.2. The van der Waals surface area contributed by atoms with Gasteiger partial charge in [0.2, 0.25) is 12.4 Å². The second-order valence-corrected chi connectivity index (χ2v) is 6.34.